The van der Waals surface area contributed by atoms with Crippen LogP contribution >= 0.6 is 0 Å². The van der Waals surface area contributed by atoms with Crippen molar-refractivity contribution >= 4 is 0 Å². The first kappa shape index (κ1) is 11.6. The largest absolute Gasteiger partial charge is 0.314 e. The lowest BCUT2D eigenvalue weighted by molar-refractivity contribution is 0.355. The first-order valence-electron chi connectivity index (χ1n) is 6.33. The van der Waals surface area contributed by atoms with Crippen LogP contribution in [0.15, 0.2) is 12.4 Å². The number of hydrogen-bond acceptors (Lipinski definition) is 2. The molecule has 0 spiro atoms. The van der Waals surface area contributed by atoms with Gasteiger partial charge in [-0.25, -0.2) is 0 Å². The summed E-state index contributed by atoms with van der Waals surface area (Å²) in [5.41, 5.74) is 1.46. The monoisotopic (exact) mass is 221 g/mol. The zero-order valence-electron chi connectivity index (χ0n) is 10.7. The lowest BCUT2D eigenvalue weighted by Gasteiger charge is -2.18. The summed E-state index contributed by atoms with van der Waals surface area (Å²) in [6.07, 6.45) is 9.28. The second-order valence-electron chi connectivity index (χ2n) is 5.80. The highest BCUT2D eigenvalue weighted by Crippen LogP contribution is 2.18. The molecule has 0 unspecified atom stereocenters. The van der Waals surface area contributed by atoms with E-state index in [1.807, 2.05) is 6.20 Å². The predicted molar refractivity (Wildman–Crippen MR) is 66.6 cm³/mol. The van der Waals surface area contributed by atoms with E-state index in [-0.39, 0.29) is 5.54 Å². The third-order valence-corrected chi connectivity index (χ3v) is 2.98. The summed E-state index contributed by atoms with van der Waals surface area (Å²) in [4.78, 5) is 0. The highest BCUT2D eigenvalue weighted by Gasteiger charge is 2.19. The van der Waals surface area contributed by atoms with Crippen molar-refractivity contribution in [2.45, 2.75) is 58.0 Å². The molecule has 1 aromatic rings. The summed E-state index contributed by atoms with van der Waals surface area (Å²) >= 11 is 0. The standard InChI is InChI=1S/C13H23N3/c1-13(2,3)16-10-11(9-15-16)5-4-8-14-12-6-7-12/h9-10,12,14H,4-8H2,1-3H3. The molecule has 3 nitrogen and oxygen atoms in total. The van der Waals surface area contributed by atoms with Crippen molar-refractivity contribution in [3.8, 4) is 0 Å². The van der Waals surface area contributed by atoms with Gasteiger partial charge in [-0.05, 0) is 58.6 Å². The van der Waals surface area contributed by atoms with Crippen LogP contribution in [0.25, 0.3) is 0 Å². The van der Waals surface area contributed by atoms with Crippen LogP contribution in [-0.4, -0.2) is 22.4 Å². The fourth-order valence-corrected chi connectivity index (χ4v) is 1.74. The van der Waals surface area contributed by atoms with Crippen LogP contribution in [0.1, 0.15) is 45.6 Å². The van der Waals surface area contributed by atoms with Gasteiger partial charge < -0.3 is 5.32 Å². The van der Waals surface area contributed by atoms with Gasteiger partial charge in [0, 0.05) is 12.2 Å². The van der Waals surface area contributed by atoms with Crippen molar-refractivity contribution in [3.05, 3.63) is 18.0 Å². The number of aryl methyl sites for hydroxylation is 1. The maximum absolute atomic E-state index is 4.41. The number of nitrogens with one attached hydrogen (secondary N) is 1. The van der Waals surface area contributed by atoms with E-state index in [1.165, 1.54) is 24.8 Å². The van der Waals surface area contributed by atoms with E-state index in [0.29, 0.717) is 0 Å². The van der Waals surface area contributed by atoms with Crippen LogP contribution in [0.5, 0.6) is 0 Å². The molecule has 1 aliphatic rings. The number of hydrogen-bond donors (Lipinski definition) is 1. The Morgan fingerprint density at radius 2 is 2.19 bits per heavy atom. The molecule has 90 valence electrons. The van der Waals surface area contributed by atoms with Gasteiger partial charge in [0.1, 0.15) is 0 Å². The summed E-state index contributed by atoms with van der Waals surface area (Å²) in [6.45, 7) is 7.68. The molecule has 1 aliphatic carbocycles. The Bertz CT molecular complexity index is 331. The SMILES string of the molecule is CC(C)(C)n1cc(CCCNC2CC2)cn1. The normalized spacial score (nSPS) is 16.7. The van der Waals surface area contributed by atoms with E-state index >= 15 is 0 Å². The van der Waals surface area contributed by atoms with Gasteiger partial charge in [0.15, 0.2) is 0 Å². The van der Waals surface area contributed by atoms with Gasteiger partial charge >= 0.3 is 0 Å². The summed E-state index contributed by atoms with van der Waals surface area (Å²) in [6, 6.07) is 0.831. The number of aromatic nitrogens is 2. The molecule has 1 aromatic heterocycles. The molecule has 1 N–H and O–H groups in total. The lowest BCUT2D eigenvalue weighted by Crippen LogP contribution is -2.22. The minimum atomic E-state index is 0.102. The van der Waals surface area contributed by atoms with Gasteiger partial charge in [0.05, 0.1) is 11.7 Å². The van der Waals surface area contributed by atoms with Gasteiger partial charge in [0.2, 0.25) is 0 Å². The summed E-state index contributed by atoms with van der Waals surface area (Å²) in [7, 11) is 0. The molecule has 0 amide bonds. The van der Waals surface area contributed by atoms with E-state index in [1.54, 1.807) is 0 Å². The minimum absolute atomic E-state index is 0.102. The first-order chi connectivity index (χ1) is 7.55. The predicted octanol–water partition coefficient (Wildman–Crippen LogP) is 2.32. The fraction of sp³-hybridized carbons (Fsp3) is 0.769. The first-order valence-corrected chi connectivity index (χ1v) is 6.33. The van der Waals surface area contributed by atoms with Crippen molar-refractivity contribution in [2.75, 3.05) is 6.54 Å². The Kier molecular flexibility index (Phi) is 3.33. The highest BCUT2D eigenvalue weighted by molar-refractivity contribution is 5.05. The van der Waals surface area contributed by atoms with Crippen molar-refractivity contribution in [3.63, 3.8) is 0 Å². The quantitative estimate of drug-likeness (QED) is 0.773. The van der Waals surface area contributed by atoms with Crippen LogP contribution in [0, 0.1) is 0 Å². The maximum Gasteiger partial charge on any atom is 0.0543 e. The molecule has 0 atom stereocenters. The third kappa shape index (κ3) is 3.34. The van der Waals surface area contributed by atoms with E-state index in [2.05, 4.69) is 42.1 Å². The molecule has 3 heteroatoms. The average molecular weight is 221 g/mol. The smallest absolute Gasteiger partial charge is 0.0543 e. The zero-order chi connectivity index (χ0) is 11.6. The fourth-order valence-electron chi connectivity index (χ4n) is 1.74. The van der Waals surface area contributed by atoms with Gasteiger partial charge in [-0.1, -0.05) is 0 Å². The number of nitrogens with zero attached hydrogens (tertiary/aromatic N) is 2. The van der Waals surface area contributed by atoms with E-state index in [9.17, 15) is 0 Å². The zero-order valence-corrected chi connectivity index (χ0v) is 10.7. The van der Waals surface area contributed by atoms with E-state index < -0.39 is 0 Å². The Balaban J connectivity index is 1.73. The third-order valence-electron chi connectivity index (χ3n) is 2.98. The van der Waals surface area contributed by atoms with Crippen molar-refractivity contribution < 1.29 is 0 Å². The molecular formula is C13H23N3. The van der Waals surface area contributed by atoms with Gasteiger partial charge in [-0.15, -0.1) is 0 Å². The molecule has 1 saturated carbocycles. The summed E-state index contributed by atoms with van der Waals surface area (Å²) in [5.74, 6) is 0. The Morgan fingerprint density at radius 3 is 2.75 bits per heavy atom. The molecule has 16 heavy (non-hydrogen) atoms. The van der Waals surface area contributed by atoms with Crippen molar-refractivity contribution in [2.24, 2.45) is 0 Å². The maximum atomic E-state index is 4.41. The lowest BCUT2D eigenvalue weighted by atomic mass is 10.1. The topological polar surface area (TPSA) is 29.9 Å². The van der Waals surface area contributed by atoms with Gasteiger partial charge in [0.25, 0.3) is 0 Å². The Labute approximate surface area is 98.2 Å². The second-order valence-corrected chi connectivity index (χ2v) is 5.80. The molecule has 0 aromatic carbocycles. The summed E-state index contributed by atoms with van der Waals surface area (Å²) < 4.78 is 2.05. The highest BCUT2D eigenvalue weighted by atomic mass is 15.3. The van der Waals surface area contributed by atoms with E-state index in [4.69, 9.17) is 0 Å². The van der Waals surface area contributed by atoms with Crippen LogP contribution < -0.4 is 5.32 Å². The number of rotatable bonds is 5. The molecule has 0 bridgehead atoms. The van der Waals surface area contributed by atoms with Gasteiger partial charge in [-0.2, -0.15) is 5.10 Å². The second kappa shape index (κ2) is 4.58. The molecule has 0 aliphatic heterocycles. The minimum Gasteiger partial charge on any atom is -0.314 e. The molecule has 1 fully saturated rings. The Morgan fingerprint density at radius 1 is 1.44 bits per heavy atom. The molecule has 1 heterocycles. The molecule has 0 saturated heterocycles. The van der Waals surface area contributed by atoms with E-state index in [0.717, 1.165) is 19.0 Å². The van der Waals surface area contributed by atoms with Crippen LogP contribution in [-0.2, 0) is 12.0 Å². The van der Waals surface area contributed by atoms with Crippen molar-refractivity contribution in [1.82, 2.24) is 15.1 Å². The average Bonchev–Trinajstić information content (AvgIpc) is 2.88. The molecule has 2 rings (SSSR count). The van der Waals surface area contributed by atoms with Gasteiger partial charge in [-0.3, -0.25) is 4.68 Å². The van der Waals surface area contributed by atoms with Crippen LogP contribution in [0.3, 0.4) is 0 Å². The molecule has 0 radical (unpaired) electrons. The van der Waals surface area contributed by atoms with Crippen LogP contribution in [0.4, 0.5) is 0 Å². The van der Waals surface area contributed by atoms with Crippen molar-refractivity contribution in [1.29, 1.82) is 0 Å². The van der Waals surface area contributed by atoms with Crippen LogP contribution in [0.2, 0.25) is 0 Å². The Hall–Kier alpha value is -0.830. The molecular weight excluding hydrogens is 198 g/mol. The summed E-state index contributed by atoms with van der Waals surface area (Å²) in [5, 5.41) is 7.95.